The summed E-state index contributed by atoms with van der Waals surface area (Å²) < 4.78 is 0. The van der Waals surface area contributed by atoms with Gasteiger partial charge in [0.25, 0.3) is 5.56 Å². The van der Waals surface area contributed by atoms with Crippen LogP contribution in [0, 0.1) is 12.3 Å². The summed E-state index contributed by atoms with van der Waals surface area (Å²) in [4.78, 5) is 31.0. The van der Waals surface area contributed by atoms with Crippen LogP contribution in [0.3, 0.4) is 0 Å². The third-order valence-electron chi connectivity index (χ3n) is 2.68. The second kappa shape index (κ2) is 5.52. The summed E-state index contributed by atoms with van der Waals surface area (Å²) >= 11 is 0. The Bertz CT molecular complexity index is 734. The average Bonchev–Trinajstić information content (AvgIpc) is 2.39. The molecule has 0 saturated heterocycles. The third kappa shape index (κ3) is 2.51. The van der Waals surface area contributed by atoms with E-state index in [-0.39, 0.29) is 41.7 Å². The number of aromatic nitrogens is 4. The summed E-state index contributed by atoms with van der Waals surface area (Å²) in [5, 5.41) is 0. The minimum atomic E-state index is -0.449. The number of H-pyrrole nitrogens is 1. The van der Waals surface area contributed by atoms with Crippen LogP contribution >= 0.6 is 0 Å². The summed E-state index contributed by atoms with van der Waals surface area (Å²) in [6, 6.07) is 0. The molecule has 0 aliphatic heterocycles. The number of rotatable bonds is 4. The number of hydrogen-bond donors (Lipinski definition) is 4. The maximum Gasteiger partial charge on any atom is 0.270 e. The van der Waals surface area contributed by atoms with Gasteiger partial charge in [-0.25, -0.2) is 10.9 Å². The van der Waals surface area contributed by atoms with Gasteiger partial charge in [0.1, 0.15) is 11.2 Å². The molecule has 0 bridgehead atoms. The summed E-state index contributed by atoms with van der Waals surface area (Å²) in [6.45, 7) is 0.0574. The molecule has 0 aliphatic rings. The number of terminal acetylenes is 1. The monoisotopic (exact) mass is 275 g/mol. The quantitative estimate of drug-likeness (QED) is 0.403. The molecular weight excluding hydrogens is 262 g/mol. The highest BCUT2D eigenvalue weighted by Gasteiger charge is 2.19. The Hall–Kier alpha value is -2.70. The molecule has 0 aliphatic carbocycles. The topological polar surface area (TPSA) is 159 Å². The predicted octanol–water partition coefficient (Wildman–Crippen LogP) is -1.13. The van der Waals surface area contributed by atoms with E-state index >= 15 is 0 Å². The van der Waals surface area contributed by atoms with Crippen molar-refractivity contribution in [1.29, 1.82) is 0 Å². The maximum atomic E-state index is 12.0. The zero-order chi connectivity index (χ0) is 14.7. The van der Waals surface area contributed by atoms with Crippen molar-refractivity contribution >= 4 is 22.9 Å². The number of fused-ring (bicyclic) bond motifs is 1. The number of hydrogen-bond acceptors (Lipinski definition) is 8. The van der Waals surface area contributed by atoms with E-state index in [9.17, 15) is 4.79 Å². The summed E-state index contributed by atoms with van der Waals surface area (Å²) in [7, 11) is 0. The fourth-order valence-corrected chi connectivity index (χ4v) is 1.80. The lowest BCUT2D eigenvalue weighted by molar-refractivity contribution is 0.122. The first-order chi connectivity index (χ1) is 9.56. The van der Waals surface area contributed by atoms with Crippen molar-refractivity contribution in [2.45, 2.75) is 12.3 Å². The fourth-order valence-electron chi connectivity index (χ4n) is 1.80. The molecule has 9 heteroatoms. The van der Waals surface area contributed by atoms with Crippen LogP contribution in [0.2, 0.25) is 0 Å². The van der Waals surface area contributed by atoms with Crippen LogP contribution in [-0.2, 0) is 4.84 Å². The van der Waals surface area contributed by atoms with Crippen molar-refractivity contribution in [3.05, 3.63) is 16.0 Å². The van der Waals surface area contributed by atoms with Crippen molar-refractivity contribution in [2.24, 2.45) is 5.90 Å². The second-order valence-electron chi connectivity index (χ2n) is 4.06. The van der Waals surface area contributed by atoms with Crippen LogP contribution in [0.5, 0.6) is 0 Å². The molecule has 7 N–H and O–H groups in total. The molecular formula is C11H13N7O2. The van der Waals surface area contributed by atoms with E-state index in [1.54, 1.807) is 0 Å². The predicted molar refractivity (Wildman–Crippen MR) is 73.1 cm³/mol. The lowest BCUT2D eigenvalue weighted by Gasteiger charge is -2.12. The van der Waals surface area contributed by atoms with E-state index in [0.717, 1.165) is 0 Å². The summed E-state index contributed by atoms with van der Waals surface area (Å²) in [5.74, 6) is 7.03. The molecule has 0 spiro atoms. The van der Waals surface area contributed by atoms with Gasteiger partial charge in [-0.3, -0.25) is 4.79 Å². The van der Waals surface area contributed by atoms with Crippen molar-refractivity contribution in [2.75, 3.05) is 18.1 Å². The van der Waals surface area contributed by atoms with Gasteiger partial charge in [-0.2, -0.15) is 9.97 Å². The Balaban J connectivity index is 2.62. The number of aromatic amines is 1. The molecule has 9 nitrogen and oxygen atoms in total. The second-order valence-corrected chi connectivity index (χ2v) is 4.06. The molecule has 2 heterocycles. The highest BCUT2D eigenvalue weighted by molar-refractivity contribution is 5.81. The van der Waals surface area contributed by atoms with E-state index in [1.807, 2.05) is 0 Å². The summed E-state index contributed by atoms with van der Waals surface area (Å²) in [5.41, 5.74) is 11.3. The minimum Gasteiger partial charge on any atom is -0.382 e. The fraction of sp³-hybridized carbons (Fsp3) is 0.273. The van der Waals surface area contributed by atoms with E-state index in [2.05, 4.69) is 30.7 Å². The lowest BCUT2D eigenvalue weighted by atomic mass is 10.0. The van der Waals surface area contributed by atoms with Gasteiger partial charge in [0.2, 0.25) is 5.95 Å². The largest absolute Gasteiger partial charge is 0.382 e. The zero-order valence-electron chi connectivity index (χ0n) is 10.5. The molecule has 0 aromatic carbocycles. The van der Waals surface area contributed by atoms with Gasteiger partial charge in [0, 0.05) is 12.3 Å². The van der Waals surface area contributed by atoms with Crippen molar-refractivity contribution < 1.29 is 4.84 Å². The number of nitrogens with one attached hydrogen (secondary N) is 1. The van der Waals surface area contributed by atoms with Gasteiger partial charge in [-0.15, -0.1) is 12.3 Å². The van der Waals surface area contributed by atoms with Gasteiger partial charge in [0.05, 0.1) is 6.61 Å². The van der Waals surface area contributed by atoms with Gasteiger partial charge in [-0.05, 0) is 0 Å². The SMILES string of the molecule is C#CCC(CON)c1nc2nc(N)nc(N)c2[nH]c1=O. The molecule has 0 saturated carbocycles. The molecule has 20 heavy (non-hydrogen) atoms. The average molecular weight is 275 g/mol. The highest BCUT2D eigenvalue weighted by atomic mass is 16.6. The van der Waals surface area contributed by atoms with Crippen molar-refractivity contribution in [3.8, 4) is 12.3 Å². The molecule has 0 fully saturated rings. The van der Waals surface area contributed by atoms with Crippen molar-refractivity contribution in [3.63, 3.8) is 0 Å². The molecule has 2 aromatic heterocycles. The Kier molecular flexibility index (Phi) is 3.79. The van der Waals surface area contributed by atoms with Crippen molar-refractivity contribution in [1.82, 2.24) is 19.9 Å². The zero-order valence-corrected chi connectivity index (χ0v) is 10.5. The van der Waals surface area contributed by atoms with Gasteiger partial charge in [0.15, 0.2) is 11.5 Å². The standard InChI is InChI=1S/C11H13N7O2/c1-2-3-5(4-20-14)6-10(19)16-7-8(12)17-11(13)18-9(7)15-6/h1,5H,3-4,14H2,(H,16,19)(H4,12,13,15,17,18). The third-order valence-corrected chi connectivity index (χ3v) is 2.68. The molecule has 2 aromatic rings. The van der Waals surface area contributed by atoms with E-state index in [4.69, 9.17) is 23.8 Å². The first-order valence-electron chi connectivity index (χ1n) is 5.64. The van der Waals surface area contributed by atoms with Crippen LogP contribution in [0.4, 0.5) is 11.8 Å². The molecule has 0 amide bonds. The van der Waals surface area contributed by atoms with Gasteiger partial charge in [-0.1, -0.05) is 0 Å². The molecule has 2 rings (SSSR count). The molecule has 1 atom stereocenters. The van der Waals surface area contributed by atoms with E-state index in [0.29, 0.717) is 0 Å². The van der Waals surface area contributed by atoms with Gasteiger partial charge < -0.3 is 21.3 Å². The first-order valence-corrected chi connectivity index (χ1v) is 5.64. The summed E-state index contributed by atoms with van der Waals surface area (Å²) in [6.07, 6.45) is 5.50. The minimum absolute atomic E-state index is 0.0379. The van der Waals surface area contributed by atoms with E-state index in [1.165, 1.54) is 0 Å². The van der Waals surface area contributed by atoms with Crippen LogP contribution in [-0.4, -0.2) is 26.5 Å². The van der Waals surface area contributed by atoms with Crippen LogP contribution in [0.15, 0.2) is 4.79 Å². The maximum absolute atomic E-state index is 12.0. The number of nitrogens with zero attached hydrogens (tertiary/aromatic N) is 3. The number of anilines is 2. The smallest absolute Gasteiger partial charge is 0.270 e. The number of nitrogen functional groups attached to an aromatic ring is 2. The molecule has 1 unspecified atom stereocenters. The first kappa shape index (κ1) is 13.7. The Morgan fingerprint density at radius 2 is 2.10 bits per heavy atom. The Labute approximate surface area is 113 Å². The highest BCUT2D eigenvalue weighted by Crippen LogP contribution is 2.18. The van der Waals surface area contributed by atoms with Crippen LogP contribution in [0.25, 0.3) is 11.2 Å². The van der Waals surface area contributed by atoms with Crippen LogP contribution < -0.4 is 22.9 Å². The Morgan fingerprint density at radius 3 is 2.75 bits per heavy atom. The van der Waals surface area contributed by atoms with Crippen LogP contribution in [0.1, 0.15) is 18.0 Å². The normalized spacial score (nSPS) is 12.2. The number of nitrogens with two attached hydrogens (primary N) is 3. The Morgan fingerprint density at radius 1 is 1.35 bits per heavy atom. The molecule has 104 valence electrons. The molecule has 0 radical (unpaired) electrons. The van der Waals surface area contributed by atoms with E-state index < -0.39 is 11.5 Å². The van der Waals surface area contributed by atoms with Gasteiger partial charge >= 0.3 is 0 Å². The lowest BCUT2D eigenvalue weighted by Crippen LogP contribution is -2.23.